The largest absolute Gasteiger partial charge is 0.458 e. The topological polar surface area (TPSA) is 110 Å². The fraction of sp³-hybridized carbons (Fsp3) is 0.875. The summed E-state index contributed by atoms with van der Waals surface area (Å²) in [6.07, 6.45) is -2.29. The number of hydrogen-bond donors (Lipinski definition) is 0. The summed E-state index contributed by atoms with van der Waals surface area (Å²) in [7, 11) is 0. The van der Waals surface area contributed by atoms with E-state index in [2.05, 4.69) is 0 Å². The van der Waals surface area contributed by atoms with Gasteiger partial charge in [-0.05, 0) is 61.3 Å². The third kappa shape index (κ3) is 10.1. The molecule has 34 heavy (non-hydrogen) atoms. The second kappa shape index (κ2) is 13.3. The zero-order valence-corrected chi connectivity index (χ0v) is 22.2. The lowest BCUT2D eigenvalue weighted by Gasteiger charge is -2.32. The van der Waals surface area contributed by atoms with Crippen molar-refractivity contribution in [2.75, 3.05) is 26.4 Å². The van der Waals surface area contributed by atoms with Crippen LogP contribution in [0.2, 0.25) is 0 Å². The summed E-state index contributed by atoms with van der Waals surface area (Å²) in [6.45, 7) is 16.3. The van der Waals surface area contributed by atoms with Crippen LogP contribution in [0, 0.1) is 0 Å². The predicted molar refractivity (Wildman–Crippen MR) is 125 cm³/mol. The molecule has 1 saturated heterocycles. The Hall–Kier alpha value is -1.91. The SMILES string of the molecule is CCCO[C@H]1[C@H](C)OC(=O)[C@@H](N(C(=O)OC(C)(C)C)C(=O)OC(C)(C)C)COC[C@@H]1OCCC. The lowest BCUT2D eigenvalue weighted by atomic mass is 10.1. The number of esters is 1. The molecule has 0 unspecified atom stereocenters. The molecule has 2 amide bonds. The highest BCUT2D eigenvalue weighted by Crippen LogP contribution is 2.22. The number of carbonyl (C=O) groups is 3. The van der Waals surface area contributed by atoms with E-state index in [1.54, 1.807) is 48.5 Å². The maximum atomic E-state index is 13.2. The molecule has 0 aromatic heterocycles. The van der Waals surface area contributed by atoms with Gasteiger partial charge in [0.05, 0.1) is 13.2 Å². The average Bonchev–Trinajstić information content (AvgIpc) is 2.72. The molecular formula is C24H43NO9. The second-order valence-corrected chi connectivity index (χ2v) is 10.3. The van der Waals surface area contributed by atoms with E-state index in [1.807, 2.05) is 13.8 Å². The number of imide groups is 1. The first-order valence-corrected chi connectivity index (χ1v) is 12.0. The van der Waals surface area contributed by atoms with Crippen molar-refractivity contribution in [2.45, 2.75) is 111 Å². The maximum Gasteiger partial charge on any atom is 0.420 e. The molecule has 1 rings (SSSR count). The number of hydrogen-bond acceptors (Lipinski definition) is 9. The van der Waals surface area contributed by atoms with Crippen LogP contribution < -0.4 is 0 Å². The minimum Gasteiger partial charge on any atom is -0.458 e. The Bertz CT molecular complexity index is 640. The Balaban J connectivity index is 3.28. The normalized spacial score (nSPS) is 24.3. The van der Waals surface area contributed by atoms with Crippen molar-refractivity contribution in [1.82, 2.24) is 4.90 Å². The molecule has 10 heteroatoms. The van der Waals surface area contributed by atoms with E-state index < -0.39 is 53.7 Å². The van der Waals surface area contributed by atoms with Crippen LogP contribution in [0.1, 0.15) is 75.2 Å². The maximum absolute atomic E-state index is 13.2. The van der Waals surface area contributed by atoms with Crippen LogP contribution in [0.4, 0.5) is 9.59 Å². The van der Waals surface area contributed by atoms with Crippen molar-refractivity contribution in [3.05, 3.63) is 0 Å². The molecule has 0 N–H and O–H groups in total. The van der Waals surface area contributed by atoms with Gasteiger partial charge in [0.1, 0.15) is 29.5 Å². The minimum absolute atomic E-state index is 0.0857. The van der Waals surface area contributed by atoms with Crippen LogP contribution in [-0.4, -0.2) is 85.0 Å². The van der Waals surface area contributed by atoms with Crippen molar-refractivity contribution in [3.63, 3.8) is 0 Å². The molecule has 0 aliphatic carbocycles. The summed E-state index contributed by atoms with van der Waals surface area (Å²) in [5.41, 5.74) is -1.82. The van der Waals surface area contributed by atoms with Crippen LogP contribution in [-0.2, 0) is 33.2 Å². The Kier molecular flexibility index (Phi) is 11.7. The molecule has 0 aromatic rings. The monoisotopic (exact) mass is 489 g/mol. The number of cyclic esters (lactones) is 1. The van der Waals surface area contributed by atoms with Gasteiger partial charge < -0.3 is 28.4 Å². The lowest BCUT2D eigenvalue weighted by Crippen LogP contribution is -2.54. The number of ether oxygens (including phenoxy) is 6. The smallest absolute Gasteiger partial charge is 0.420 e. The summed E-state index contributed by atoms with van der Waals surface area (Å²) in [5.74, 6) is -0.828. The van der Waals surface area contributed by atoms with Gasteiger partial charge in [0.2, 0.25) is 0 Å². The van der Waals surface area contributed by atoms with E-state index >= 15 is 0 Å². The third-order valence-electron chi connectivity index (χ3n) is 4.50. The van der Waals surface area contributed by atoms with Gasteiger partial charge in [-0.3, -0.25) is 0 Å². The van der Waals surface area contributed by atoms with E-state index in [0.717, 1.165) is 12.8 Å². The molecule has 0 bridgehead atoms. The molecular weight excluding hydrogens is 446 g/mol. The quantitative estimate of drug-likeness (QED) is 0.386. The van der Waals surface area contributed by atoms with Crippen molar-refractivity contribution in [1.29, 1.82) is 0 Å². The molecule has 0 saturated carbocycles. The Morgan fingerprint density at radius 3 is 1.88 bits per heavy atom. The summed E-state index contributed by atoms with van der Waals surface area (Å²) < 4.78 is 34.1. The van der Waals surface area contributed by atoms with Crippen molar-refractivity contribution in [3.8, 4) is 0 Å². The van der Waals surface area contributed by atoms with Gasteiger partial charge in [0, 0.05) is 13.2 Å². The summed E-state index contributed by atoms with van der Waals surface area (Å²) in [6, 6.07) is -1.41. The predicted octanol–water partition coefficient (Wildman–Crippen LogP) is 4.08. The zero-order chi connectivity index (χ0) is 26.1. The van der Waals surface area contributed by atoms with E-state index in [1.165, 1.54) is 0 Å². The van der Waals surface area contributed by atoms with Crippen LogP contribution in [0.3, 0.4) is 0 Å². The van der Waals surface area contributed by atoms with Crippen LogP contribution in [0.5, 0.6) is 0 Å². The molecule has 1 fully saturated rings. The van der Waals surface area contributed by atoms with Crippen LogP contribution >= 0.6 is 0 Å². The first-order chi connectivity index (χ1) is 15.7. The first-order valence-electron chi connectivity index (χ1n) is 12.0. The molecule has 198 valence electrons. The first kappa shape index (κ1) is 30.1. The van der Waals surface area contributed by atoms with Gasteiger partial charge in [-0.2, -0.15) is 4.90 Å². The third-order valence-corrected chi connectivity index (χ3v) is 4.50. The van der Waals surface area contributed by atoms with Crippen LogP contribution in [0.15, 0.2) is 0 Å². The van der Waals surface area contributed by atoms with Gasteiger partial charge in [0.15, 0.2) is 6.04 Å². The second-order valence-electron chi connectivity index (χ2n) is 10.3. The highest BCUT2D eigenvalue weighted by Gasteiger charge is 2.44. The Morgan fingerprint density at radius 2 is 1.41 bits per heavy atom. The van der Waals surface area contributed by atoms with E-state index in [4.69, 9.17) is 28.4 Å². The highest BCUT2D eigenvalue weighted by atomic mass is 16.6. The molecule has 10 nitrogen and oxygen atoms in total. The van der Waals surface area contributed by atoms with Gasteiger partial charge >= 0.3 is 18.2 Å². The van der Waals surface area contributed by atoms with E-state index in [0.29, 0.717) is 18.1 Å². The fourth-order valence-electron chi connectivity index (χ4n) is 3.13. The number of carbonyl (C=O) groups excluding carboxylic acids is 3. The average molecular weight is 490 g/mol. The van der Waals surface area contributed by atoms with Gasteiger partial charge in [-0.25, -0.2) is 14.4 Å². The van der Waals surface area contributed by atoms with E-state index in [-0.39, 0.29) is 13.2 Å². The Labute approximate surface area is 203 Å². The van der Waals surface area contributed by atoms with Gasteiger partial charge in [-0.1, -0.05) is 13.8 Å². The van der Waals surface area contributed by atoms with E-state index in [9.17, 15) is 14.4 Å². The number of amides is 2. The lowest BCUT2D eigenvalue weighted by molar-refractivity contribution is -0.169. The van der Waals surface area contributed by atoms with Crippen molar-refractivity contribution < 1.29 is 42.8 Å². The van der Waals surface area contributed by atoms with Gasteiger partial charge in [-0.15, -0.1) is 0 Å². The highest BCUT2D eigenvalue weighted by molar-refractivity contribution is 5.94. The number of rotatable bonds is 7. The van der Waals surface area contributed by atoms with Gasteiger partial charge in [0.25, 0.3) is 0 Å². The fourth-order valence-corrected chi connectivity index (χ4v) is 3.13. The molecule has 1 aliphatic rings. The Morgan fingerprint density at radius 1 is 0.912 bits per heavy atom. The molecule has 0 radical (unpaired) electrons. The van der Waals surface area contributed by atoms with Crippen molar-refractivity contribution in [2.24, 2.45) is 0 Å². The molecule has 1 aliphatic heterocycles. The zero-order valence-electron chi connectivity index (χ0n) is 22.2. The molecule has 1 heterocycles. The minimum atomic E-state index is -1.41. The summed E-state index contributed by atoms with van der Waals surface area (Å²) >= 11 is 0. The molecule has 0 aromatic carbocycles. The van der Waals surface area contributed by atoms with Crippen molar-refractivity contribution >= 4 is 18.2 Å². The summed E-state index contributed by atoms with van der Waals surface area (Å²) in [4.78, 5) is 39.8. The summed E-state index contributed by atoms with van der Waals surface area (Å²) in [5, 5.41) is 0. The molecule has 4 atom stereocenters. The molecule has 0 spiro atoms. The number of nitrogens with zero attached hydrogens (tertiary/aromatic N) is 1. The standard InChI is InChI=1S/C24H43NO9/c1-10-12-30-18-15-29-14-17(20(26)32-16(3)19(18)31-13-11-2)25(21(27)33-23(4,5)6)22(28)34-24(7,8)9/h16-19H,10-15H2,1-9H3/t16-,17-,18-,19-/m0/s1. The van der Waals surface area contributed by atoms with Crippen LogP contribution in [0.25, 0.3) is 0 Å².